The van der Waals surface area contributed by atoms with Crippen molar-refractivity contribution in [3.8, 4) is 11.8 Å². The Morgan fingerprint density at radius 1 is 1.35 bits per heavy atom. The van der Waals surface area contributed by atoms with Gasteiger partial charge in [0.05, 0.1) is 46.6 Å². The van der Waals surface area contributed by atoms with Crippen LogP contribution in [0.25, 0.3) is 16.6 Å². The van der Waals surface area contributed by atoms with E-state index < -0.39 is 8.25 Å². The summed E-state index contributed by atoms with van der Waals surface area (Å²) in [6.45, 7) is 1.36. The Labute approximate surface area is 190 Å². The lowest BCUT2D eigenvalue weighted by Gasteiger charge is -2.31. The van der Waals surface area contributed by atoms with Gasteiger partial charge < -0.3 is 9.47 Å². The summed E-state index contributed by atoms with van der Waals surface area (Å²) in [6, 6.07) is 7.56. The molecule has 0 bridgehead atoms. The Bertz CT molecular complexity index is 1140. The van der Waals surface area contributed by atoms with Crippen molar-refractivity contribution in [2.75, 3.05) is 24.6 Å². The molecular weight excluding hydrogens is 460 g/mol. The maximum atomic E-state index is 12.0. The van der Waals surface area contributed by atoms with Crippen LogP contribution in [0.1, 0.15) is 19.3 Å². The Kier molecular flexibility index (Phi) is 7.01. The summed E-state index contributed by atoms with van der Waals surface area (Å²) < 4.78 is 24.5. The van der Waals surface area contributed by atoms with Crippen LogP contribution in [0.15, 0.2) is 36.9 Å². The molecule has 0 saturated carbocycles. The highest BCUT2D eigenvalue weighted by Gasteiger charge is 2.32. The molecule has 1 aliphatic heterocycles. The lowest BCUT2D eigenvalue weighted by Crippen LogP contribution is -2.39. The molecule has 11 heteroatoms. The molecule has 0 spiro atoms. The van der Waals surface area contributed by atoms with Crippen molar-refractivity contribution < 1.29 is 13.6 Å². The maximum absolute atomic E-state index is 12.0. The third kappa shape index (κ3) is 4.98. The Morgan fingerprint density at radius 3 is 3.00 bits per heavy atom. The van der Waals surface area contributed by atoms with Crippen molar-refractivity contribution in [1.29, 1.82) is 5.26 Å². The van der Waals surface area contributed by atoms with Crippen LogP contribution in [-0.2, 0) is 13.6 Å². The second-order valence-electron chi connectivity index (χ2n) is 7.01. The van der Waals surface area contributed by atoms with Gasteiger partial charge in [-0.1, -0.05) is 23.2 Å². The number of hydrogen-bond donors (Lipinski definition) is 0. The summed E-state index contributed by atoms with van der Waals surface area (Å²) in [7, 11) is -2.28. The molecule has 0 aliphatic carbocycles. The zero-order valence-electron chi connectivity index (χ0n) is 16.4. The number of fused-ring (bicyclic) bond motifs is 1. The van der Waals surface area contributed by atoms with E-state index in [4.69, 9.17) is 42.5 Å². The van der Waals surface area contributed by atoms with Gasteiger partial charge in [0.25, 0.3) is 0 Å². The number of piperidine rings is 1. The molecule has 160 valence electrons. The molecule has 2 atom stereocenters. The number of rotatable bonds is 7. The number of anilines is 1. The molecule has 1 fully saturated rings. The number of nitrogens with zero attached hydrogens (tertiary/aromatic N) is 5. The van der Waals surface area contributed by atoms with E-state index in [1.54, 1.807) is 18.6 Å². The van der Waals surface area contributed by atoms with E-state index in [2.05, 4.69) is 9.88 Å². The number of benzene rings is 1. The molecular formula is C20H19Cl2N5O3P+. The van der Waals surface area contributed by atoms with Gasteiger partial charge in [0, 0.05) is 35.0 Å². The standard InChI is InChI=1S/C20H19Cl2N5O3P/c21-16-5-4-15-17(27-9-7-24-13-27)11-18(25-20(15)19(16)22)26-8-1-3-14(12-26)30-31(28)29-10-2-6-23/h4-5,7,9,11,13-14H,1-3,8,10,12H2/q+1. The Balaban J connectivity index is 1.62. The van der Waals surface area contributed by atoms with E-state index in [1.807, 2.05) is 29.0 Å². The molecule has 2 aromatic heterocycles. The van der Waals surface area contributed by atoms with E-state index in [1.165, 1.54) is 0 Å². The highest BCUT2D eigenvalue weighted by molar-refractivity contribution is 7.33. The van der Waals surface area contributed by atoms with Crippen LogP contribution in [-0.4, -0.2) is 40.3 Å². The molecule has 0 amide bonds. The largest absolute Gasteiger partial charge is 0.697 e. The van der Waals surface area contributed by atoms with Crippen LogP contribution in [0, 0.1) is 11.3 Å². The van der Waals surface area contributed by atoms with Gasteiger partial charge in [0.15, 0.2) is 0 Å². The zero-order valence-corrected chi connectivity index (χ0v) is 18.9. The Hall–Kier alpha value is -2.27. The molecule has 8 nitrogen and oxygen atoms in total. The first-order valence-electron chi connectivity index (χ1n) is 9.72. The lowest BCUT2D eigenvalue weighted by atomic mass is 10.1. The number of pyridine rings is 1. The number of halogens is 2. The molecule has 0 radical (unpaired) electrons. The summed E-state index contributed by atoms with van der Waals surface area (Å²) in [5.41, 5.74) is 1.48. The van der Waals surface area contributed by atoms with Crippen LogP contribution in [0.5, 0.6) is 0 Å². The number of aromatic nitrogens is 3. The van der Waals surface area contributed by atoms with Crippen molar-refractivity contribution in [2.24, 2.45) is 0 Å². The molecule has 1 saturated heterocycles. The molecule has 1 aliphatic rings. The van der Waals surface area contributed by atoms with E-state index in [-0.39, 0.29) is 19.1 Å². The minimum Gasteiger partial charge on any atom is -0.354 e. The van der Waals surface area contributed by atoms with E-state index in [9.17, 15) is 4.57 Å². The Morgan fingerprint density at radius 2 is 2.23 bits per heavy atom. The fourth-order valence-electron chi connectivity index (χ4n) is 3.53. The molecule has 3 heterocycles. The maximum Gasteiger partial charge on any atom is 0.697 e. The summed E-state index contributed by atoms with van der Waals surface area (Å²) in [5, 5.41) is 10.2. The first-order chi connectivity index (χ1) is 15.1. The SMILES string of the molecule is N#CCCO[P+](=O)OC1CCCN(c2cc(-n3ccnc3)c3ccc(Cl)c(Cl)c3n2)C1. The molecule has 0 N–H and O–H groups in total. The first kappa shape index (κ1) is 21.9. The summed E-state index contributed by atoms with van der Waals surface area (Å²) in [5.74, 6) is 0.717. The normalized spacial score (nSPS) is 17.0. The molecule has 3 aromatic rings. The second kappa shape index (κ2) is 9.90. The molecule has 4 rings (SSSR count). The zero-order chi connectivity index (χ0) is 21.8. The molecule has 31 heavy (non-hydrogen) atoms. The van der Waals surface area contributed by atoms with Gasteiger partial charge in [-0.2, -0.15) is 5.26 Å². The van der Waals surface area contributed by atoms with Crippen LogP contribution in [0.2, 0.25) is 10.0 Å². The van der Waals surface area contributed by atoms with E-state index in [0.29, 0.717) is 27.9 Å². The number of nitriles is 1. The van der Waals surface area contributed by atoms with Gasteiger partial charge >= 0.3 is 8.25 Å². The first-order valence-corrected chi connectivity index (χ1v) is 11.6. The predicted octanol–water partition coefficient (Wildman–Crippen LogP) is 5.30. The van der Waals surface area contributed by atoms with Crippen LogP contribution in [0.4, 0.5) is 5.82 Å². The van der Waals surface area contributed by atoms with Gasteiger partial charge in [-0.3, -0.25) is 0 Å². The predicted molar refractivity (Wildman–Crippen MR) is 119 cm³/mol. The summed E-state index contributed by atoms with van der Waals surface area (Å²) in [6.07, 6.45) is 6.77. The number of hydrogen-bond acceptors (Lipinski definition) is 7. The quantitative estimate of drug-likeness (QED) is 0.335. The highest BCUT2D eigenvalue weighted by atomic mass is 35.5. The molecule has 2 unspecified atom stereocenters. The van der Waals surface area contributed by atoms with Crippen molar-refractivity contribution in [3.63, 3.8) is 0 Å². The smallest absolute Gasteiger partial charge is 0.354 e. The highest BCUT2D eigenvalue weighted by Crippen LogP contribution is 2.36. The van der Waals surface area contributed by atoms with Gasteiger partial charge in [-0.25, -0.2) is 9.97 Å². The van der Waals surface area contributed by atoms with E-state index in [0.717, 1.165) is 30.5 Å². The minimum absolute atomic E-state index is 0.0852. The van der Waals surface area contributed by atoms with Gasteiger partial charge in [0.2, 0.25) is 0 Å². The minimum atomic E-state index is -2.28. The average molecular weight is 479 g/mol. The monoisotopic (exact) mass is 478 g/mol. The number of imidazole rings is 1. The third-order valence-corrected chi connectivity index (χ3v) is 6.63. The van der Waals surface area contributed by atoms with Gasteiger partial charge in [-0.05, 0) is 25.0 Å². The lowest BCUT2D eigenvalue weighted by molar-refractivity contribution is 0.149. The van der Waals surface area contributed by atoms with Crippen molar-refractivity contribution in [1.82, 2.24) is 14.5 Å². The summed E-state index contributed by atoms with van der Waals surface area (Å²) in [4.78, 5) is 11.0. The average Bonchev–Trinajstić information content (AvgIpc) is 3.31. The van der Waals surface area contributed by atoms with Crippen molar-refractivity contribution >= 4 is 48.2 Å². The van der Waals surface area contributed by atoms with Crippen LogP contribution >= 0.6 is 31.5 Å². The van der Waals surface area contributed by atoms with E-state index >= 15 is 0 Å². The van der Waals surface area contributed by atoms with Gasteiger partial charge in [0.1, 0.15) is 18.5 Å². The fourth-order valence-corrected chi connectivity index (χ4v) is 4.61. The molecule has 1 aromatic carbocycles. The van der Waals surface area contributed by atoms with Crippen molar-refractivity contribution in [2.45, 2.75) is 25.4 Å². The second-order valence-corrected chi connectivity index (χ2v) is 8.71. The summed E-state index contributed by atoms with van der Waals surface area (Å²) >= 11 is 12.7. The van der Waals surface area contributed by atoms with Crippen LogP contribution < -0.4 is 4.90 Å². The fraction of sp³-hybridized carbons (Fsp3) is 0.350. The topological polar surface area (TPSA) is 93.3 Å². The van der Waals surface area contributed by atoms with Crippen LogP contribution in [0.3, 0.4) is 0 Å². The van der Waals surface area contributed by atoms with Gasteiger partial charge in [-0.15, -0.1) is 9.05 Å². The van der Waals surface area contributed by atoms with Crippen molar-refractivity contribution in [3.05, 3.63) is 47.0 Å². The third-order valence-electron chi connectivity index (χ3n) is 4.97.